The number of carbonyl (C=O) groups is 5. The number of nitrogens with zero attached hydrogens (tertiary/aromatic N) is 12. The highest BCUT2D eigenvalue weighted by Gasteiger charge is 2.38. The molecule has 8 atom stereocenters. The summed E-state index contributed by atoms with van der Waals surface area (Å²) in [5.41, 5.74) is -0.797. The van der Waals surface area contributed by atoms with E-state index >= 15 is 0 Å². The van der Waals surface area contributed by atoms with Crippen LogP contribution >= 0.6 is 46.4 Å². The number of hydrogen-bond acceptors (Lipinski definition) is 19. The van der Waals surface area contributed by atoms with Crippen LogP contribution in [-0.4, -0.2) is 141 Å². The van der Waals surface area contributed by atoms with E-state index in [2.05, 4.69) is 68.0 Å². The Hall–Kier alpha value is -8.86. The average Bonchev–Trinajstić information content (AvgIpc) is 1.39. The van der Waals surface area contributed by atoms with Crippen molar-refractivity contribution in [1.29, 1.82) is 0 Å². The fourth-order valence-corrected chi connectivity index (χ4v) is 8.83. The normalized spacial score (nSPS) is 19.7. The van der Waals surface area contributed by atoms with Crippen molar-refractivity contribution in [3.63, 3.8) is 0 Å². The van der Waals surface area contributed by atoms with Crippen LogP contribution < -0.4 is 18.9 Å². The second-order valence-electron chi connectivity index (χ2n) is 24.2. The smallest absolute Gasteiger partial charge is 0.446 e. The van der Waals surface area contributed by atoms with Gasteiger partial charge in [-0.25, -0.2) is 57.8 Å². The van der Waals surface area contributed by atoms with E-state index in [4.69, 9.17) is 89.8 Å². The molecule has 0 saturated heterocycles. The lowest BCUT2D eigenvalue weighted by atomic mass is 10.2. The molecule has 8 heterocycles. The predicted molar refractivity (Wildman–Crippen MR) is 335 cm³/mol. The Morgan fingerprint density at radius 2 is 0.649 bits per heavy atom. The number of hydrogen-bond donors (Lipinski definition) is 2. The summed E-state index contributed by atoms with van der Waals surface area (Å²) in [7, 11) is 0. The molecule has 4 saturated carbocycles. The Morgan fingerprint density at radius 3 is 0.819 bits per heavy atom. The van der Waals surface area contributed by atoms with Crippen molar-refractivity contribution in [2.75, 3.05) is 0 Å². The van der Waals surface area contributed by atoms with Crippen LogP contribution in [0, 0.1) is 23.7 Å². The molecule has 94 heavy (non-hydrogen) atoms. The van der Waals surface area contributed by atoms with Gasteiger partial charge in [-0.05, 0) is 139 Å². The number of aromatic carboxylic acids is 2. The number of rotatable bonds is 16. The molecule has 0 radical (unpaired) electrons. The van der Waals surface area contributed by atoms with E-state index in [1.807, 2.05) is 0 Å². The molecule has 4 aliphatic carbocycles. The minimum absolute atomic E-state index is 0.0362. The first-order valence-electron chi connectivity index (χ1n) is 29.1. The second kappa shape index (κ2) is 29.6. The number of aldehydes is 1. The molecule has 0 aliphatic heterocycles. The lowest BCUT2D eigenvalue weighted by molar-refractivity contribution is -0.156. The van der Waals surface area contributed by atoms with Gasteiger partial charge < -0.3 is 38.6 Å². The molecular formula is C62H65Cl4F3N12O13. The number of carboxylic acid groups (broad SMARTS) is 2. The standard InChI is InChI=1S/2C17H20ClN3O3.2C13H12ClN3O3.C2HF3O/c2*1-10-9-12(10)23-14-7-8-21(20-14)13-6-5-11(15(18)19-13)16(22)24-17(2,3)4;2*1-7-6-9(7)20-11-4-5-17(16-11)10-3-2-8(13(18)19)12(14)15-10;3-2(4,5)1-6/h2*5-8,10,12H,9H2,1-4H3;2*2-5,7,9H,6H2,1H3,(H,18,19);1H/t2*10-,12+;2*7-,9+;/m1010./s1. The van der Waals surface area contributed by atoms with Gasteiger partial charge in [0.15, 0.2) is 23.3 Å². The van der Waals surface area contributed by atoms with E-state index in [0.717, 1.165) is 25.7 Å². The summed E-state index contributed by atoms with van der Waals surface area (Å²) in [5.74, 6) is 3.14. The van der Waals surface area contributed by atoms with Gasteiger partial charge in [0, 0.05) is 49.1 Å². The number of carbonyl (C=O) groups excluding carboxylic acids is 3. The second-order valence-corrected chi connectivity index (χ2v) is 25.6. The van der Waals surface area contributed by atoms with Crippen LogP contribution in [0.1, 0.15) is 136 Å². The average molecular weight is 1390 g/mol. The van der Waals surface area contributed by atoms with Crippen molar-refractivity contribution in [2.45, 2.75) is 137 Å². The molecule has 8 aromatic rings. The van der Waals surface area contributed by atoms with Gasteiger partial charge in [0.05, 0.1) is 22.3 Å². The first-order chi connectivity index (χ1) is 44.1. The maximum atomic E-state index is 12.1. The maximum absolute atomic E-state index is 12.1. The Bertz CT molecular complexity index is 3790. The number of alkyl halides is 3. The summed E-state index contributed by atoms with van der Waals surface area (Å²) >= 11 is 23.9. The maximum Gasteiger partial charge on any atom is 0.446 e. The fourth-order valence-electron chi connectivity index (χ4n) is 7.92. The fraction of sp³-hybridized carbons (Fsp3) is 0.403. The molecule has 0 aromatic carbocycles. The lowest BCUT2D eigenvalue weighted by Gasteiger charge is -2.19. The van der Waals surface area contributed by atoms with Crippen LogP contribution in [-0.2, 0) is 14.3 Å². The molecule has 0 unspecified atom stereocenters. The quantitative estimate of drug-likeness (QED) is 0.0516. The summed E-state index contributed by atoms with van der Waals surface area (Å²) in [6.45, 7) is 19.3. The molecule has 4 fully saturated rings. The largest absolute Gasteiger partial charge is 0.478 e. The summed E-state index contributed by atoms with van der Waals surface area (Å²) in [6.07, 6.45) is 6.36. The van der Waals surface area contributed by atoms with Gasteiger partial charge in [0.2, 0.25) is 29.8 Å². The Kier molecular flexibility index (Phi) is 22.4. The molecule has 0 bridgehead atoms. The highest BCUT2D eigenvalue weighted by atomic mass is 35.5. The van der Waals surface area contributed by atoms with Gasteiger partial charge in [0.25, 0.3) is 0 Å². The summed E-state index contributed by atoms with van der Waals surface area (Å²) in [6, 6.07) is 19.5. The molecular weight excluding hydrogens is 1320 g/mol. The zero-order valence-corrected chi connectivity index (χ0v) is 55.2. The number of carboxylic acids is 2. The van der Waals surface area contributed by atoms with Crippen LogP contribution in [0.15, 0.2) is 97.6 Å². The molecule has 12 rings (SSSR count). The Labute approximate surface area is 556 Å². The highest BCUT2D eigenvalue weighted by Crippen LogP contribution is 2.37. The first-order valence-corrected chi connectivity index (χ1v) is 30.6. The zero-order chi connectivity index (χ0) is 68.7. The number of pyridine rings is 4. The third kappa shape index (κ3) is 20.8. The molecule has 0 spiro atoms. The van der Waals surface area contributed by atoms with E-state index in [1.54, 1.807) is 136 Å². The molecule has 25 nitrogen and oxygen atoms in total. The van der Waals surface area contributed by atoms with Crippen molar-refractivity contribution < 1.29 is 75.8 Å². The molecule has 32 heteroatoms. The van der Waals surface area contributed by atoms with Crippen molar-refractivity contribution in [2.24, 2.45) is 23.7 Å². The Balaban J connectivity index is 0.000000156. The monoisotopic (exact) mass is 1380 g/mol. The van der Waals surface area contributed by atoms with Crippen LogP contribution in [0.3, 0.4) is 0 Å². The van der Waals surface area contributed by atoms with Crippen LogP contribution in [0.2, 0.25) is 20.6 Å². The van der Waals surface area contributed by atoms with E-state index in [-0.39, 0.29) is 67.3 Å². The van der Waals surface area contributed by atoms with Gasteiger partial charge in [0.1, 0.15) is 56.2 Å². The molecule has 0 amide bonds. The third-order valence-electron chi connectivity index (χ3n) is 13.6. The minimum atomic E-state index is -4.64. The van der Waals surface area contributed by atoms with E-state index < -0.39 is 47.5 Å². The zero-order valence-electron chi connectivity index (χ0n) is 52.2. The van der Waals surface area contributed by atoms with Crippen molar-refractivity contribution in [3.05, 3.63) is 140 Å². The molecule has 500 valence electrons. The predicted octanol–water partition coefficient (Wildman–Crippen LogP) is 12.9. The SMILES string of the molecule is C[C@@H]1C[C@@H]1Oc1ccn(-c2ccc(C(=O)O)c(Cl)n2)n1.C[C@@H]1C[C@@H]1Oc1ccn(-c2ccc(C(=O)OC(C)(C)C)c(Cl)n2)n1.C[C@H]1C[C@H]1Oc1ccn(-c2ccc(C(=O)O)c(Cl)n2)n1.C[C@H]1C[C@H]1Oc1ccn(-c2ccc(C(=O)OC(C)(C)C)c(Cl)n2)n1.O=CC(F)(F)F. The summed E-state index contributed by atoms with van der Waals surface area (Å²) in [5, 5.41) is 34.9. The topological polar surface area (TPSA) is 304 Å². The minimum Gasteiger partial charge on any atom is -0.478 e. The molecule has 8 aromatic heterocycles. The third-order valence-corrected chi connectivity index (χ3v) is 14.7. The van der Waals surface area contributed by atoms with E-state index in [9.17, 15) is 32.3 Å². The van der Waals surface area contributed by atoms with Gasteiger partial charge >= 0.3 is 30.1 Å². The lowest BCUT2D eigenvalue weighted by Crippen LogP contribution is -2.24. The van der Waals surface area contributed by atoms with E-state index in [0.29, 0.717) is 70.5 Å². The van der Waals surface area contributed by atoms with Crippen LogP contribution in [0.4, 0.5) is 13.2 Å². The first kappa shape index (κ1) is 71.0. The summed E-state index contributed by atoms with van der Waals surface area (Å²) < 4.78 is 70.7. The number of ether oxygens (including phenoxy) is 6. The van der Waals surface area contributed by atoms with Crippen LogP contribution in [0.5, 0.6) is 23.5 Å². The van der Waals surface area contributed by atoms with Crippen molar-refractivity contribution in [1.82, 2.24) is 59.1 Å². The van der Waals surface area contributed by atoms with Crippen molar-refractivity contribution in [3.8, 4) is 46.8 Å². The Morgan fingerprint density at radius 1 is 0.436 bits per heavy atom. The van der Waals surface area contributed by atoms with Gasteiger partial charge in [-0.15, -0.1) is 20.4 Å². The highest BCUT2D eigenvalue weighted by molar-refractivity contribution is 6.33. The number of aromatic nitrogens is 12. The number of esters is 2. The van der Waals surface area contributed by atoms with E-state index in [1.165, 1.54) is 21.5 Å². The summed E-state index contributed by atoms with van der Waals surface area (Å²) in [4.78, 5) is 71.1. The van der Waals surface area contributed by atoms with Gasteiger partial charge in [-0.1, -0.05) is 74.1 Å². The molecule has 2 N–H and O–H groups in total. The molecule has 4 aliphatic rings. The van der Waals surface area contributed by atoms with Crippen molar-refractivity contribution >= 4 is 76.6 Å². The van der Waals surface area contributed by atoms with Gasteiger partial charge in [-0.2, -0.15) is 13.2 Å². The van der Waals surface area contributed by atoms with Gasteiger partial charge in [-0.3, -0.25) is 4.79 Å². The number of halogens is 7. The van der Waals surface area contributed by atoms with Crippen LogP contribution in [0.25, 0.3) is 23.3 Å².